The van der Waals surface area contributed by atoms with Gasteiger partial charge in [-0.2, -0.15) is 0 Å². The number of carboxylic acids is 1. The highest BCUT2D eigenvalue weighted by atomic mass is 19.1. The Morgan fingerprint density at radius 3 is 2.63 bits per heavy atom. The summed E-state index contributed by atoms with van der Waals surface area (Å²) in [5.74, 6) is -2.62. The Labute approximate surface area is 243 Å². The van der Waals surface area contributed by atoms with E-state index in [2.05, 4.69) is 29.3 Å². The van der Waals surface area contributed by atoms with Crippen LogP contribution in [-0.2, 0) is 9.53 Å². The molecule has 0 saturated heterocycles. The molecule has 0 aliphatic heterocycles. The number of nitrogens with zero attached hydrogens (tertiary/aromatic N) is 1. The summed E-state index contributed by atoms with van der Waals surface area (Å²) in [6.07, 6.45) is 18.9. The van der Waals surface area contributed by atoms with Crippen LogP contribution in [-0.4, -0.2) is 54.2 Å². The number of carbonyl (C=O) groups excluding carboxylic acids is 1. The van der Waals surface area contributed by atoms with Crippen molar-refractivity contribution in [1.29, 1.82) is 0 Å². The number of rotatable bonds is 13. The molecule has 0 bridgehead atoms. The molecule has 8 heteroatoms. The number of hydrogen-bond donors (Lipinski definition) is 3. The molecule has 1 saturated carbocycles. The van der Waals surface area contributed by atoms with Gasteiger partial charge >= 0.3 is 5.97 Å². The van der Waals surface area contributed by atoms with Crippen LogP contribution in [0, 0.1) is 11.7 Å². The monoisotopic (exact) mass is 565 g/mol. The van der Waals surface area contributed by atoms with Gasteiger partial charge in [0.2, 0.25) is 0 Å². The summed E-state index contributed by atoms with van der Waals surface area (Å²) in [5.41, 5.74) is 7.65. The van der Waals surface area contributed by atoms with Crippen molar-refractivity contribution in [2.75, 3.05) is 20.2 Å². The molecule has 0 radical (unpaired) electrons. The van der Waals surface area contributed by atoms with Crippen molar-refractivity contribution in [3.8, 4) is 0 Å². The molecule has 1 amide bonds. The largest absolute Gasteiger partial charge is 0.478 e. The first-order chi connectivity index (χ1) is 19.8. The van der Waals surface area contributed by atoms with Crippen LogP contribution < -0.4 is 11.1 Å². The minimum absolute atomic E-state index is 0.171. The van der Waals surface area contributed by atoms with Crippen molar-refractivity contribution in [2.24, 2.45) is 11.7 Å². The van der Waals surface area contributed by atoms with Crippen LogP contribution >= 0.6 is 0 Å². The van der Waals surface area contributed by atoms with E-state index >= 15 is 0 Å². The molecular formula is C33H44FN3O4. The Kier molecular flexibility index (Phi) is 10.9. The summed E-state index contributed by atoms with van der Waals surface area (Å²) < 4.78 is 20.7. The average molecular weight is 566 g/mol. The first kappa shape index (κ1) is 30.7. The predicted molar refractivity (Wildman–Crippen MR) is 159 cm³/mol. The predicted octanol–water partition coefficient (Wildman–Crippen LogP) is 5.81. The summed E-state index contributed by atoms with van der Waals surface area (Å²) in [5, 5.41) is 14.0. The van der Waals surface area contributed by atoms with Crippen LogP contribution in [0.5, 0.6) is 0 Å². The van der Waals surface area contributed by atoms with E-state index in [-0.39, 0.29) is 17.2 Å². The fourth-order valence-corrected chi connectivity index (χ4v) is 6.26. The van der Waals surface area contributed by atoms with E-state index in [4.69, 9.17) is 10.5 Å². The van der Waals surface area contributed by atoms with Crippen LogP contribution in [0.15, 0.2) is 65.5 Å². The number of allylic oxidation sites excluding steroid dienone is 4. The lowest BCUT2D eigenvalue weighted by Crippen LogP contribution is -2.45. The molecule has 3 aliphatic rings. The summed E-state index contributed by atoms with van der Waals surface area (Å²) in [7, 11) is 1.99. The second kappa shape index (κ2) is 14.6. The maximum atomic E-state index is 14.3. The van der Waals surface area contributed by atoms with Crippen LogP contribution in [0.2, 0.25) is 0 Å². The normalized spacial score (nSPS) is 22.0. The Hall–Kier alpha value is -3.23. The van der Waals surface area contributed by atoms with Crippen LogP contribution in [0.1, 0.15) is 86.6 Å². The van der Waals surface area contributed by atoms with E-state index in [1.807, 2.05) is 19.2 Å². The van der Waals surface area contributed by atoms with Gasteiger partial charge in [0.05, 0.1) is 22.9 Å². The number of aliphatic carboxylic acids is 1. The number of primary amides is 1. The molecule has 4 rings (SSSR count). The number of likely N-dealkylation sites (N-methyl/N-ethyl adjacent to an activating group) is 1. The Morgan fingerprint density at radius 2 is 2.00 bits per heavy atom. The number of halogens is 1. The Balaban J connectivity index is 1.78. The molecular weight excluding hydrogens is 521 g/mol. The third-order valence-electron chi connectivity index (χ3n) is 8.58. The topological polar surface area (TPSA) is 105 Å². The number of hydrogen-bond acceptors (Lipinski definition) is 5. The van der Waals surface area contributed by atoms with Gasteiger partial charge in [0.1, 0.15) is 5.82 Å². The van der Waals surface area contributed by atoms with E-state index < -0.39 is 29.7 Å². The molecule has 7 nitrogen and oxygen atoms in total. The number of carboxylic acid groups (broad SMARTS) is 1. The zero-order chi connectivity index (χ0) is 29.4. The molecule has 0 spiro atoms. The lowest BCUT2D eigenvalue weighted by Gasteiger charge is -2.40. The zero-order valence-corrected chi connectivity index (χ0v) is 24.3. The van der Waals surface area contributed by atoms with Crippen molar-refractivity contribution in [3.05, 3.63) is 82.5 Å². The first-order valence-corrected chi connectivity index (χ1v) is 15.0. The van der Waals surface area contributed by atoms with Gasteiger partial charge in [0, 0.05) is 30.8 Å². The van der Waals surface area contributed by atoms with E-state index in [1.165, 1.54) is 31.4 Å². The van der Waals surface area contributed by atoms with Crippen molar-refractivity contribution in [1.82, 2.24) is 10.2 Å². The number of nitrogens with two attached hydrogens (primary N) is 1. The highest BCUT2D eigenvalue weighted by Crippen LogP contribution is 2.38. The third-order valence-corrected chi connectivity index (χ3v) is 8.58. The minimum atomic E-state index is -1.04. The van der Waals surface area contributed by atoms with Crippen LogP contribution in [0.3, 0.4) is 0 Å². The van der Waals surface area contributed by atoms with Gasteiger partial charge in [-0.15, -0.1) is 0 Å². The van der Waals surface area contributed by atoms with E-state index in [9.17, 15) is 19.1 Å². The van der Waals surface area contributed by atoms with Gasteiger partial charge in [-0.25, -0.2) is 9.18 Å². The number of carbonyl (C=O) groups is 2. The van der Waals surface area contributed by atoms with E-state index in [0.29, 0.717) is 30.3 Å². The van der Waals surface area contributed by atoms with Gasteiger partial charge in [-0.05, 0) is 74.9 Å². The smallest absolute Gasteiger partial charge is 0.337 e. The average Bonchev–Trinajstić information content (AvgIpc) is 2.98. The van der Waals surface area contributed by atoms with Gasteiger partial charge in [-0.1, -0.05) is 56.9 Å². The molecule has 0 aromatic heterocycles. The minimum Gasteiger partial charge on any atom is -0.478 e. The zero-order valence-electron chi connectivity index (χ0n) is 24.3. The molecule has 1 fully saturated rings. The summed E-state index contributed by atoms with van der Waals surface area (Å²) in [4.78, 5) is 26.9. The summed E-state index contributed by atoms with van der Waals surface area (Å²) in [6.45, 7) is 3.22. The Morgan fingerprint density at radius 1 is 1.22 bits per heavy atom. The van der Waals surface area contributed by atoms with Gasteiger partial charge < -0.3 is 25.8 Å². The molecule has 2 unspecified atom stereocenters. The standard InChI is InChI=1S/C33H44FN3O4/c1-3-4-17-41-31-20-30(27(33(39)40)19-25(31)23-15-16-28(34)26(18-23)32(35)38)37(24-13-9-6-10-14-24)21-29(36-2)22-11-7-5-8-12-22/h6,9,13,15-16,18-20,22,25,29,31,36H,3-5,7-8,10-12,14,17,21H2,1-2H3,(H2,35,38)(H,39,40)/t25?,29-,31?/m0/s1. The number of amides is 1. The number of benzene rings is 1. The third kappa shape index (κ3) is 7.54. The molecule has 3 atom stereocenters. The van der Waals surface area contributed by atoms with Gasteiger partial charge in [-0.3, -0.25) is 4.79 Å². The quantitative estimate of drug-likeness (QED) is 0.261. The van der Waals surface area contributed by atoms with Crippen LogP contribution in [0.4, 0.5) is 4.39 Å². The molecule has 1 aromatic carbocycles. The molecule has 222 valence electrons. The second-order valence-corrected chi connectivity index (χ2v) is 11.3. The number of nitrogens with one attached hydrogen (secondary N) is 1. The molecule has 1 aromatic rings. The van der Waals surface area contributed by atoms with Crippen molar-refractivity contribution in [2.45, 2.75) is 82.8 Å². The highest BCUT2D eigenvalue weighted by molar-refractivity contribution is 5.94. The molecule has 0 heterocycles. The fraction of sp³-hybridized carbons (Fsp3) is 0.515. The highest BCUT2D eigenvalue weighted by Gasteiger charge is 2.35. The lowest BCUT2D eigenvalue weighted by atomic mass is 9.82. The maximum absolute atomic E-state index is 14.3. The van der Waals surface area contributed by atoms with Crippen molar-refractivity contribution < 1.29 is 23.8 Å². The molecule has 41 heavy (non-hydrogen) atoms. The summed E-state index contributed by atoms with van der Waals surface area (Å²) in [6, 6.07) is 4.40. The van der Waals surface area contributed by atoms with Gasteiger partial charge in [0.25, 0.3) is 5.91 Å². The first-order valence-electron chi connectivity index (χ1n) is 15.0. The number of unbranched alkanes of at least 4 members (excludes halogenated alkanes) is 1. The SMILES string of the molecule is CCCCOC1C=C(N(C[C@H](NC)C2CCCCC2)C2=CC=CCC2)C(C(=O)O)=CC1c1ccc(F)c(C(N)=O)c1. The number of ether oxygens (including phenoxy) is 1. The van der Waals surface area contributed by atoms with E-state index in [1.54, 1.807) is 12.1 Å². The maximum Gasteiger partial charge on any atom is 0.337 e. The molecule has 3 aliphatic carbocycles. The summed E-state index contributed by atoms with van der Waals surface area (Å²) >= 11 is 0. The van der Waals surface area contributed by atoms with Crippen LogP contribution in [0.25, 0.3) is 0 Å². The van der Waals surface area contributed by atoms with Crippen molar-refractivity contribution in [3.63, 3.8) is 0 Å². The van der Waals surface area contributed by atoms with Gasteiger partial charge in [0.15, 0.2) is 0 Å². The lowest BCUT2D eigenvalue weighted by molar-refractivity contribution is -0.132. The molecule has 4 N–H and O–H groups in total. The van der Waals surface area contributed by atoms with E-state index in [0.717, 1.165) is 44.2 Å². The fourth-order valence-electron chi connectivity index (χ4n) is 6.26. The second-order valence-electron chi connectivity index (χ2n) is 11.3. The Bertz CT molecular complexity index is 1210. The van der Waals surface area contributed by atoms with Crippen molar-refractivity contribution >= 4 is 11.9 Å².